The minimum atomic E-state index is -4.04. The van der Waals surface area contributed by atoms with Crippen LogP contribution in [0, 0.1) is 11.3 Å². The Morgan fingerprint density at radius 2 is 1.84 bits per heavy atom. The molecule has 2 rings (SSSR count). The molecule has 1 saturated carbocycles. The highest BCUT2D eigenvalue weighted by molar-refractivity contribution is 5.85. The van der Waals surface area contributed by atoms with Crippen molar-refractivity contribution in [1.82, 2.24) is 4.90 Å². The van der Waals surface area contributed by atoms with Crippen LogP contribution in [0.2, 0.25) is 0 Å². The summed E-state index contributed by atoms with van der Waals surface area (Å²) in [5.41, 5.74) is 5.12. The van der Waals surface area contributed by atoms with Gasteiger partial charge in [0, 0.05) is 18.6 Å². The van der Waals surface area contributed by atoms with E-state index in [1.54, 1.807) is 0 Å². The van der Waals surface area contributed by atoms with E-state index in [0.29, 0.717) is 19.6 Å². The summed E-state index contributed by atoms with van der Waals surface area (Å²) in [6, 6.07) is 0. The van der Waals surface area contributed by atoms with Gasteiger partial charge >= 0.3 is 6.18 Å². The number of nitrogens with zero attached hydrogens (tertiary/aromatic N) is 1. The van der Waals surface area contributed by atoms with Gasteiger partial charge in [0.05, 0.1) is 5.92 Å². The van der Waals surface area contributed by atoms with E-state index in [9.17, 15) is 13.2 Å². The van der Waals surface area contributed by atoms with Gasteiger partial charge in [0.15, 0.2) is 0 Å². The van der Waals surface area contributed by atoms with Crippen LogP contribution in [0.1, 0.15) is 39.5 Å². The lowest BCUT2D eigenvalue weighted by Gasteiger charge is -2.54. The molecule has 0 aromatic rings. The van der Waals surface area contributed by atoms with Gasteiger partial charge < -0.3 is 10.6 Å². The van der Waals surface area contributed by atoms with Gasteiger partial charge in [-0.05, 0) is 45.1 Å². The monoisotopic (exact) mass is 300 g/mol. The number of rotatable bonds is 2. The number of piperidine rings is 1. The van der Waals surface area contributed by atoms with E-state index in [-0.39, 0.29) is 24.4 Å². The lowest BCUT2D eigenvalue weighted by molar-refractivity contribution is -0.238. The summed E-state index contributed by atoms with van der Waals surface area (Å²) >= 11 is 0. The molecule has 1 aliphatic carbocycles. The van der Waals surface area contributed by atoms with Crippen molar-refractivity contribution in [2.45, 2.75) is 51.2 Å². The van der Waals surface area contributed by atoms with E-state index in [0.717, 1.165) is 19.3 Å². The topological polar surface area (TPSA) is 29.3 Å². The smallest absolute Gasteiger partial charge is 0.324 e. The van der Waals surface area contributed by atoms with Crippen LogP contribution in [0.4, 0.5) is 13.2 Å². The molecule has 0 radical (unpaired) electrons. The van der Waals surface area contributed by atoms with Gasteiger partial charge in [-0.2, -0.15) is 13.2 Å². The van der Waals surface area contributed by atoms with Crippen LogP contribution in [-0.2, 0) is 0 Å². The van der Waals surface area contributed by atoms with E-state index in [1.807, 2.05) is 13.8 Å². The predicted octanol–water partition coefficient (Wildman–Crippen LogP) is 3.20. The molecular formula is C13H24ClF3N2. The number of hydrogen-bond acceptors (Lipinski definition) is 2. The van der Waals surface area contributed by atoms with Gasteiger partial charge in [0.25, 0.3) is 0 Å². The van der Waals surface area contributed by atoms with Crippen molar-refractivity contribution in [1.29, 1.82) is 0 Å². The zero-order valence-electron chi connectivity index (χ0n) is 11.6. The van der Waals surface area contributed by atoms with Crippen molar-refractivity contribution in [3.8, 4) is 0 Å². The molecule has 0 aromatic carbocycles. The average molecular weight is 301 g/mol. The number of alkyl halides is 3. The van der Waals surface area contributed by atoms with E-state index >= 15 is 0 Å². The Bertz CT molecular complexity index is 308. The molecule has 2 aliphatic rings. The fraction of sp³-hybridized carbons (Fsp3) is 1.00. The van der Waals surface area contributed by atoms with Crippen LogP contribution in [0.3, 0.4) is 0 Å². The lowest BCUT2D eigenvalue weighted by atomic mass is 9.58. The first kappa shape index (κ1) is 17.1. The van der Waals surface area contributed by atoms with Crippen molar-refractivity contribution < 1.29 is 13.2 Å². The maximum absolute atomic E-state index is 13.1. The molecule has 1 heterocycles. The molecule has 0 bridgehead atoms. The van der Waals surface area contributed by atoms with Crippen molar-refractivity contribution >= 4 is 12.4 Å². The first-order valence-corrected chi connectivity index (χ1v) is 6.70. The highest BCUT2D eigenvalue weighted by Crippen LogP contribution is 2.56. The van der Waals surface area contributed by atoms with Crippen LogP contribution in [0.5, 0.6) is 0 Å². The first-order chi connectivity index (χ1) is 8.12. The largest absolute Gasteiger partial charge is 0.392 e. The van der Waals surface area contributed by atoms with Crippen LogP contribution < -0.4 is 5.73 Å². The highest BCUT2D eigenvalue weighted by Gasteiger charge is 2.57. The van der Waals surface area contributed by atoms with Crippen LogP contribution in [0.25, 0.3) is 0 Å². The lowest BCUT2D eigenvalue weighted by Crippen LogP contribution is -2.59. The van der Waals surface area contributed by atoms with Crippen LogP contribution in [0.15, 0.2) is 0 Å². The predicted molar refractivity (Wildman–Crippen MR) is 72.4 cm³/mol. The molecule has 114 valence electrons. The molecule has 1 atom stereocenters. The van der Waals surface area contributed by atoms with Gasteiger partial charge in [-0.15, -0.1) is 12.4 Å². The average Bonchev–Trinajstić information content (AvgIpc) is 2.10. The maximum atomic E-state index is 13.1. The van der Waals surface area contributed by atoms with E-state index in [2.05, 4.69) is 4.90 Å². The molecule has 1 saturated heterocycles. The first-order valence-electron chi connectivity index (χ1n) is 6.70. The quantitative estimate of drug-likeness (QED) is 0.848. The summed E-state index contributed by atoms with van der Waals surface area (Å²) in [6.45, 7) is 5.62. The number of likely N-dealkylation sites (tertiary alicyclic amines) is 1. The third-order valence-corrected chi connectivity index (χ3v) is 4.39. The molecule has 19 heavy (non-hydrogen) atoms. The summed E-state index contributed by atoms with van der Waals surface area (Å²) in [5, 5.41) is 0. The Balaban J connectivity index is 0.00000180. The molecule has 2 N–H and O–H groups in total. The van der Waals surface area contributed by atoms with Gasteiger partial charge in [-0.3, -0.25) is 0 Å². The van der Waals surface area contributed by atoms with E-state index < -0.39 is 17.5 Å². The van der Waals surface area contributed by atoms with Crippen molar-refractivity contribution in [2.24, 2.45) is 17.1 Å². The van der Waals surface area contributed by atoms with E-state index in [4.69, 9.17) is 5.73 Å². The fourth-order valence-corrected chi connectivity index (χ4v) is 3.61. The van der Waals surface area contributed by atoms with Crippen molar-refractivity contribution in [3.63, 3.8) is 0 Å². The second-order valence-corrected chi connectivity index (χ2v) is 6.80. The summed E-state index contributed by atoms with van der Waals surface area (Å²) in [5.74, 6) is -1.10. The zero-order valence-corrected chi connectivity index (χ0v) is 12.4. The molecule has 1 unspecified atom stereocenters. The minimum absolute atomic E-state index is 0. The summed E-state index contributed by atoms with van der Waals surface area (Å²) < 4.78 is 39.2. The molecule has 0 aromatic heterocycles. The van der Waals surface area contributed by atoms with Gasteiger partial charge in [0.2, 0.25) is 0 Å². The fourth-order valence-electron chi connectivity index (χ4n) is 3.61. The second kappa shape index (κ2) is 5.41. The van der Waals surface area contributed by atoms with Gasteiger partial charge in [0.1, 0.15) is 0 Å². The van der Waals surface area contributed by atoms with Crippen LogP contribution in [-0.4, -0.2) is 36.2 Å². The van der Waals surface area contributed by atoms with E-state index in [1.165, 1.54) is 0 Å². The second-order valence-electron chi connectivity index (χ2n) is 6.80. The number of halogens is 4. The van der Waals surface area contributed by atoms with Crippen molar-refractivity contribution in [3.05, 3.63) is 0 Å². The highest BCUT2D eigenvalue weighted by atomic mass is 35.5. The molecule has 6 heteroatoms. The Kier molecular flexibility index (Phi) is 4.86. The molecule has 2 fully saturated rings. The van der Waals surface area contributed by atoms with Gasteiger partial charge in [-0.1, -0.05) is 6.42 Å². The Morgan fingerprint density at radius 3 is 2.21 bits per heavy atom. The molecular weight excluding hydrogens is 277 g/mol. The summed E-state index contributed by atoms with van der Waals surface area (Å²) in [6.07, 6.45) is -1.42. The Hall–Kier alpha value is -0.0000000000000000555. The standard InChI is InChI=1S/C13H23F3N2.ClH/c1-11(2,17)8-18-7-4-10(13(14,15)16)12(9-18)5-3-6-12;/h10H,3-9,17H2,1-2H3;1H. The summed E-state index contributed by atoms with van der Waals surface area (Å²) in [7, 11) is 0. The Morgan fingerprint density at radius 1 is 1.26 bits per heavy atom. The molecule has 1 aliphatic heterocycles. The normalized spacial score (nSPS) is 27.8. The molecule has 2 nitrogen and oxygen atoms in total. The van der Waals surface area contributed by atoms with Gasteiger partial charge in [-0.25, -0.2) is 0 Å². The molecule has 0 amide bonds. The third kappa shape index (κ3) is 3.76. The SMILES string of the molecule is CC(C)(N)CN1CCC(C(F)(F)F)C2(CCC2)C1.Cl. The summed E-state index contributed by atoms with van der Waals surface area (Å²) in [4.78, 5) is 2.13. The number of nitrogens with two attached hydrogens (primary N) is 1. The number of hydrogen-bond donors (Lipinski definition) is 1. The molecule has 1 spiro atoms. The maximum Gasteiger partial charge on any atom is 0.392 e. The van der Waals surface area contributed by atoms with Crippen LogP contribution >= 0.6 is 12.4 Å². The third-order valence-electron chi connectivity index (χ3n) is 4.39. The Labute approximate surface area is 119 Å². The zero-order chi connectivity index (χ0) is 13.6. The van der Waals surface area contributed by atoms with Crippen molar-refractivity contribution in [2.75, 3.05) is 19.6 Å². The minimum Gasteiger partial charge on any atom is -0.324 e.